The van der Waals surface area contributed by atoms with E-state index in [0.717, 1.165) is 32.5 Å². The lowest BCUT2D eigenvalue weighted by atomic mass is 10.1. The van der Waals surface area contributed by atoms with Crippen molar-refractivity contribution in [3.63, 3.8) is 0 Å². The average molecular weight is 258 g/mol. The Hall–Kier alpha value is -0.610. The molecule has 0 unspecified atom stereocenters. The van der Waals surface area contributed by atoms with Gasteiger partial charge < -0.3 is 4.74 Å². The van der Waals surface area contributed by atoms with Crippen molar-refractivity contribution in [1.29, 1.82) is 0 Å². The molecule has 4 nitrogen and oxygen atoms in total. The van der Waals surface area contributed by atoms with Crippen molar-refractivity contribution in [2.24, 2.45) is 5.84 Å². The average Bonchev–Trinajstić information content (AvgIpc) is 2.39. The van der Waals surface area contributed by atoms with E-state index in [4.69, 9.17) is 10.6 Å². The number of hydrogen-bond donors (Lipinski definition) is 2. The van der Waals surface area contributed by atoms with E-state index >= 15 is 0 Å². The molecule has 0 atom stereocenters. The van der Waals surface area contributed by atoms with Crippen molar-refractivity contribution in [3.05, 3.63) is 0 Å². The topological polar surface area (TPSA) is 64.3 Å². The molecule has 1 amide bonds. The molecule has 18 heavy (non-hydrogen) atoms. The number of ether oxygens (including phenoxy) is 1. The maximum atomic E-state index is 10.8. The van der Waals surface area contributed by atoms with Gasteiger partial charge in [0.1, 0.15) is 0 Å². The number of carbonyl (C=O) groups is 1. The Morgan fingerprint density at radius 2 is 1.50 bits per heavy atom. The molecule has 0 aliphatic heterocycles. The molecule has 0 saturated carbocycles. The quantitative estimate of drug-likeness (QED) is 0.231. The van der Waals surface area contributed by atoms with Crippen LogP contribution < -0.4 is 11.3 Å². The number of hydrogen-bond acceptors (Lipinski definition) is 3. The summed E-state index contributed by atoms with van der Waals surface area (Å²) in [5.41, 5.74) is 2.13. The summed E-state index contributed by atoms with van der Waals surface area (Å²) in [6.07, 6.45) is 11.3. The van der Waals surface area contributed by atoms with Crippen LogP contribution in [-0.2, 0) is 9.53 Å². The first-order chi connectivity index (χ1) is 8.81. The summed E-state index contributed by atoms with van der Waals surface area (Å²) < 4.78 is 5.55. The van der Waals surface area contributed by atoms with Gasteiger partial charge in [-0.15, -0.1) is 0 Å². The first-order valence-corrected chi connectivity index (χ1v) is 7.38. The monoisotopic (exact) mass is 258 g/mol. The number of rotatable bonds is 13. The molecular formula is C14H30N2O2. The fourth-order valence-electron chi connectivity index (χ4n) is 1.83. The first-order valence-electron chi connectivity index (χ1n) is 7.38. The van der Waals surface area contributed by atoms with Gasteiger partial charge >= 0.3 is 0 Å². The lowest BCUT2D eigenvalue weighted by molar-refractivity contribution is -0.121. The fourth-order valence-corrected chi connectivity index (χ4v) is 1.83. The Bertz CT molecular complexity index is 187. The van der Waals surface area contributed by atoms with E-state index in [1.165, 1.54) is 38.5 Å². The molecule has 0 radical (unpaired) electrons. The Morgan fingerprint density at radius 3 is 2.11 bits per heavy atom. The van der Waals surface area contributed by atoms with Crippen LogP contribution in [0.1, 0.15) is 71.1 Å². The van der Waals surface area contributed by atoms with Gasteiger partial charge in [-0.05, 0) is 19.3 Å². The second-order valence-electron chi connectivity index (χ2n) is 4.76. The Labute approximate surface area is 112 Å². The largest absolute Gasteiger partial charge is 0.381 e. The molecule has 108 valence electrons. The molecule has 0 spiro atoms. The third kappa shape index (κ3) is 13.5. The molecular weight excluding hydrogens is 228 g/mol. The van der Waals surface area contributed by atoms with Crippen molar-refractivity contribution >= 4 is 5.91 Å². The molecule has 0 bridgehead atoms. The van der Waals surface area contributed by atoms with Gasteiger partial charge in [0.25, 0.3) is 0 Å². The van der Waals surface area contributed by atoms with Crippen LogP contribution >= 0.6 is 0 Å². The lowest BCUT2D eigenvalue weighted by Gasteiger charge is -2.04. The van der Waals surface area contributed by atoms with Gasteiger partial charge in [0.15, 0.2) is 0 Å². The normalized spacial score (nSPS) is 10.6. The molecule has 0 heterocycles. The highest BCUT2D eigenvalue weighted by Crippen LogP contribution is 2.05. The summed E-state index contributed by atoms with van der Waals surface area (Å²) in [5.74, 6) is 4.91. The minimum atomic E-state index is -0.0806. The van der Waals surface area contributed by atoms with E-state index in [9.17, 15) is 4.79 Å². The van der Waals surface area contributed by atoms with Crippen LogP contribution in [0, 0.1) is 0 Å². The summed E-state index contributed by atoms with van der Waals surface area (Å²) in [6.45, 7) is 3.94. The van der Waals surface area contributed by atoms with Crippen LogP contribution in [0.2, 0.25) is 0 Å². The molecule has 0 aromatic heterocycles. The zero-order valence-corrected chi connectivity index (χ0v) is 11.9. The molecule has 0 fully saturated rings. The minimum Gasteiger partial charge on any atom is -0.381 e. The van der Waals surface area contributed by atoms with E-state index < -0.39 is 0 Å². The van der Waals surface area contributed by atoms with Gasteiger partial charge in [0, 0.05) is 19.6 Å². The standard InChI is InChI=1S/C14H30N2O2/c1-2-3-4-5-6-9-12-18-13-10-7-8-11-14(17)16-15/h2-13,15H2,1H3,(H,16,17). The predicted octanol–water partition coefficient (Wildman–Crippen LogP) is 2.91. The number of hydrazine groups is 1. The molecule has 0 aromatic carbocycles. The summed E-state index contributed by atoms with van der Waals surface area (Å²) in [6, 6.07) is 0. The zero-order valence-electron chi connectivity index (χ0n) is 11.9. The molecule has 0 rings (SSSR count). The third-order valence-electron chi connectivity index (χ3n) is 3.00. The summed E-state index contributed by atoms with van der Waals surface area (Å²) >= 11 is 0. The molecule has 0 aliphatic rings. The second-order valence-corrected chi connectivity index (χ2v) is 4.76. The van der Waals surface area contributed by atoms with Gasteiger partial charge in [-0.1, -0.05) is 45.4 Å². The molecule has 0 saturated heterocycles. The van der Waals surface area contributed by atoms with E-state index in [1.807, 2.05) is 0 Å². The number of nitrogens with one attached hydrogen (secondary N) is 1. The van der Waals surface area contributed by atoms with Crippen LogP contribution in [0.25, 0.3) is 0 Å². The van der Waals surface area contributed by atoms with E-state index in [2.05, 4.69) is 12.3 Å². The maximum Gasteiger partial charge on any atom is 0.233 e. The lowest BCUT2D eigenvalue weighted by Crippen LogP contribution is -2.29. The van der Waals surface area contributed by atoms with Crippen molar-refractivity contribution < 1.29 is 9.53 Å². The summed E-state index contributed by atoms with van der Waals surface area (Å²) in [5, 5.41) is 0. The van der Waals surface area contributed by atoms with Crippen LogP contribution in [0.15, 0.2) is 0 Å². The summed E-state index contributed by atoms with van der Waals surface area (Å²) in [4.78, 5) is 10.8. The Kier molecular flexibility index (Phi) is 14.0. The predicted molar refractivity (Wildman–Crippen MR) is 75.0 cm³/mol. The van der Waals surface area contributed by atoms with Crippen molar-refractivity contribution in [3.8, 4) is 0 Å². The maximum absolute atomic E-state index is 10.8. The van der Waals surface area contributed by atoms with Gasteiger partial charge in [0.2, 0.25) is 5.91 Å². The van der Waals surface area contributed by atoms with E-state index in [-0.39, 0.29) is 5.91 Å². The van der Waals surface area contributed by atoms with Crippen LogP contribution in [0.5, 0.6) is 0 Å². The second kappa shape index (κ2) is 14.5. The molecule has 3 N–H and O–H groups in total. The van der Waals surface area contributed by atoms with Gasteiger partial charge in [-0.2, -0.15) is 0 Å². The van der Waals surface area contributed by atoms with Gasteiger partial charge in [-0.3, -0.25) is 10.2 Å². The molecule has 0 aliphatic carbocycles. The number of amides is 1. The van der Waals surface area contributed by atoms with Gasteiger partial charge in [0.05, 0.1) is 0 Å². The van der Waals surface area contributed by atoms with Crippen molar-refractivity contribution in [2.45, 2.75) is 71.1 Å². The highest BCUT2D eigenvalue weighted by atomic mass is 16.5. The highest BCUT2D eigenvalue weighted by molar-refractivity contribution is 5.74. The number of unbranched alkanes of at least 4 members (excludes halogenated alkanes) is 7. The van der Waals surface area contributed by atoms with E-state index in [1.54, 1.807) is 0 Å². The van der Waals surface area contributed by atoms with Crippen molar-refractivity contribution in [2.75, 3.05) is 13.2 Å². The fraction of sp³-hybridized carbons (Fsp3) is 0.929. The zero-order chi connectivity index (χ0) is 13.5. The first kappa shape index (κ1) is 17.4. The Balaban J connectivity index is 2.97. The minimum absolute atomic E-state index is 0.0806. The molecule has 4 heteroatoms. The number of nitrogens with two attached hydrogens (primary N) is 1. The molecule has 0 aromatic rings. The third-order valence-corrected chi connectivity index (χ3v) is 3.00. The van der Waals surface area contributed by atoms with E-state index in [0.29, 0.717) is 6.42 Å². The van der Waals surface area contributed by atoms with Crippen LogP contribution in [0.3, 0.4) is 0 Å². The smallest absolute Gasteiger partial charge is 0.233 e. The summed E-state index contributed by atoms with van der Waals surface area (Å²) in [7, 11) is 0. The number of carbonyl (C=O) groups excluding carboxylic acids is 1. The van der Waals surface area contributed by atoms with Crippen molar-refractivity contribution in [1.82, 2.24) is 5.43 Å². The van der Waals surface area contributed by atoms with Crippen LogP contribution in [0.4, 0.5) is 0 Å². The SMILES string of the molecule is CCCCCCCCOCCCCCC(=O)NN. The van der Waals surface area contributed by atoms with Crippen LogP contribution in [-0.4, -0.2) is 19.1 Å². The Morgan fingerprint density at radius 1 is 0.944 bits per heavy atom. The highest BCUT2D eigenvalue weighted by Gasteiger charge is 1.97. The van der Waals surface area contributed by atoms with Gasteiger partial charge in [-0.25, -0.2) is 5.84 Å².